The van der Waals surface area contributed by atoms with Crippen molar-refractivity contribution in [2.24, 2.45) is 0 Å². The number of benzene rings is 2. The first-order valence-electron chi connectivity index (χ1n) is 9.87. The molecule has 2 amide bonds. The third-order valence-corrected chi connectivity index (χ3v) is 6.26. The van der Waals surface area contributed by atoms with Gasteiger partial charge in [0.15, 0.2) is 5.76 Å². The van der Waals surface area contributed by atoms with Crippen molar-refractivity contribution in [2.45, 2.75) is 29.7 Å². The minimum Gasteiger partial charge on any atom is -0.459 e. The quantitative estimate of drug-likeness (QED) is 0.514. The van der Waals surface area contributed by atoms with Gasteiger partial charge in [-0.2, -0.15) is 13.2 Å². The maximum atomic E-state index is 13.4. The molecule has 1 aromatic heterocycles. The molecule has 1 N–H and O–H groups in total. The molecule has 5 nitrogen and oxygen atoms in total. The number of nitrogens with zero attached hydrogens (tertiary/aromatic N) is 1. The molecule has 1 aliphatic rings. The molecule has 166 valence electrons. The third kappa shape index (κ3) is 4.67. The highest BCUT2D eigenvalue weighted by Crippen LogP contribution is 2.41. The Kier molecular flexibility index (Phi) is 6.01. The van der Waals surface area contributed by atoms with Gasteiger partial charge in [0, 0.05) is 27.9 Å². The van der Waals surface area contributed by atoms with Crippen molar-refractivity contribution < 1.29 is 27.2 Å². The number of thioether (sulfide) groups is 1. The number of fused-ring (bicyclic) bond motifs is 1. The SMILES string of the molecule is CC1CCN(C(=O)c2cccc(NC(=O)c3ccco3)c2)c2cc(C(F)(F)F)ccc2S1. The van der Waals surface area contributed by atoms with Gasteiger partial charge < -0.3 is 14.6 Å². The lowest BCUT2D eigenvalue weighted by Crippen LogP contribution is -2.32. The number of nitrogens with one attached hydrogen (secondary N) is 1. The summed E-state index contributed by atoms with van der Waals surface area (Å²) in [7, 11) is 0. The van der Waals surface area contributed by atoms with Crippen molar-refractivity contribution in [1.82, 2.24) is 0 Å². The van der Waals surface area contributed by atoms with Crippen LogP contribution in [0.1, 0.15) is 39.8 Å². The Morgan fingerprint density at radius 2 is 1.94 bits per heavy atom. The molecule has 1 atom stereocenters. The summed E-state index contributed by atoms with van der Waals surface area (Å²) in [5.41, 5.74) is 0.0668. The summed E-state index contributed by atoms with van der Waals surface area (Å²) >= 11 is 1.45. The fourth-order valence-electron chi connectivity index (χ4n) is 3.41. The second-order valence-electron chi connectivity index (χ2n) is 7.37. The minimum absolute atomic E-state index is 0.119. The molecule has 32 heavy (non-hydrogen) atoms. The van der Waals surface area contributed by atoms with Gasteiger partial charge >= 0.3 is 6.18 Å². The first kappa shape index (κ1) is 22.0. The van der Waals surface area contributed by atoms with Crippen molar-refractivity contribution in [3.8, 4) is 0 Å². The fraction of sp³-hybridized carbons (Fsp3) is 0.217. The summed E-state index contributed by atoms with van der Waals surface area (Å²) in [4.78, 5) is 27.6. The summed E-state index contributed by atoms with van der Waals surface area (Å²) in [6.07, 6.45) is -2.51. The molecule has 2 aromatic carbocycles. The van der Waals surface area contributed by atoms with Crippen LogP contribution in [0.15, 0.2) is 70.2 Å². The molecule has 0 aliphatic carbocycles. The van der Waals surface area contributed by atoms with Crippen molar-refractivity contribution >= 4 is 35.0 Å². The van der Waals surface area contributed by atoms with Crippen LogP contribution in [-0.2, 0) is 6.18 Å². The van der Waals surface area contributed by atoms with Crippen molar-refractivity contribution in [3.63, 3.8) is 0 Å². The van der Waals surface area contributed by atoms with Crippen LogP contribution in [0.4, 0.5) is 24.5 Å². The number of anilines is 2. The number of hydrogen-bond acceptors (Lipinski definition) is 4. The zero-order valence-electron chi connectivity index (χ0n) is 17.0. The van der Waals surface area contributed by atoms with Gasteiger partial charge in [0.05, 0.1) is 17.5 Å². The average Bonchev–Trinajstić information content (AvgIpc) is 3.23. The Morgan fingerprint density at radius 1 is 1.12 bits per heavy atom. The van der Waals surface area contributed by atoms with E-state index in [0.717, 1.165) is 12.1 Å². The van der Waals surface area contributed by atoms with Gasteiger partial charge in [-0.1, -0.05) is 13.0 Å². The molecule has 0 fully saturated rings. The lowest BCUT2D eigenvalue weighted by molar-refractivity contribution is -0.137. The second-order valence-corrected chi connectivity index (χ2v) is 8.85. The third-order valence-electron chi connectivity index (χ3n) is 5.02. The van der Waals surface area contributed by atoms with Crippen LogP contribution in [0.2, 0.25) is 0 Å². The molecule has 0 saturated heterocycles. The van der Waals surface area contributed by atoms with Gasteiger partial charge in [-0.15, -0.1) is 11.8 Å². The van der Waals surface area contributed by atoms with E-state index >= 15 is 0 Å². The zero-order valence-corrected chi connectivity index (χ0v) is 17.8. The largest absolute Gasteiger partial charge is 0.459 e. The summed E-state index contributed by atoms with van der Waals surface area (Å²) in [6.45, 7) is 2.26. The Bertz CT molecular complexity index is 1150. The molecule has 1 aliphatic heterocycles. The number of halogens is 3. The Labute approximate surface area is 186 Å². The standard InChI is InChI=1S/C23H19F3N2O3S/c1-14-9-10-28(18-13-16(23(24,25)26)7-8-20(18)32-14)22(30)15-4-2-5-17(12-15)27-21(29)19-6-3-11-31-19/h2-8,11-14H,9-10H2,1H3,(H,27,29). The number of alkyl halides is 3. The van der Waals surface area contributed by atoms with Crippen LogP contribution >= 0.6 is 11.8 Å². The van der Waals surface area contributed by atoms with Gasteiger partial charge in [-0.05, 0) is 55.0 Å². The van der Waals surface area contributed by atoms with E-state index in [1.165, 1.54) is 41.1 Å². The Morgan fingerprint density at radius 3 is 2.66 bits per heavy atom. The lowest BCUT2D eigenvalue weighted by Gasteiger charge is -2.24. The van der Waals surface area contributed by atoms with Gasteiger partial charge in [-0.25, -0.2) is 0 Å². The van der Waals surface area contributed by atoms with Gasteiger partial charge in [0.2, 0.25) is 0 Å². The first-order valence-corrected chi connectivity index (χ1v) is 10.7. The normalized spacial score (nSPS) is 16.2. The summed E-state index contributed by atoms with van der Waals surface area (Å²) in [5.74, 6) is -0.789. The molecule has 0 saturated carbocycles. The fourth-order valence-corrected chi connectivity index (χ4v) is 4.50. The van der Waals surface area contributed by atoms with E-state index in [1.807, 2.05) is 6.92 Å². The number of carbonyl (C=O) groups is 2. The molecule has 2 heterocycles. The minimum atomic E-state index is -4.51. The Balaban J connectivity index is 1.65. The number of carbonyl (C=O) groups excluding carboxylic acids is 2. The van der Waals surface area contributed by atoms with E-state index in [2.05, 4.69) is 5.32 Å². The predicted octanol–water partition coefficient (Wildman–Crippen LogP) is 6.08. The van der Waals surface area contributed by atoms with E-state index in [4.69, 9.17) is 4.42 Å². The van der Waals surface area contributed by atoms with Gasteiger partial charge in [-0.3, -0.25) is 9.59 Å². The number of rotatable bonds is 3. The van der Waals surface area contributed by atoms with E-state index in [-0.39, 0.29) is 28.8 Å². The van der Waals surface area contributed by atoms with Crippen LogP contribution in [0.5, 0.6) is 0 Å². The number of amides is 2. The number of hydrogen-bond donors (Lipinski definition) is 1. The molecule has 4 rings (SSSR count). The van der Waals surface area contributed by atoms with E-state index < -0.39 is 23.6 Å². The summed E-state index contributed by atoms with van der Waals surface area (Å²) in [5, 5.41) is 2.79. The highest BCUT2D eigenvalue weighted by atomic mass is 32.2. The molecule has 0 bridgehead atoms. The summed E-state index contributed by atoms with van der Waals surface area (Å²) in [6, 6.07) is 12.9. The van der Waals surface area contributed by atoms with Crippen LogP contribution in [0.25, 0.3) is 0 Å². The topological polar surface area (TPSA) is 62.6 Å². The van der Waals surface area contributed by atoms with Crippen LogP contribution in [0.3, 0.4) is 0 Å². The molecule has 0 spiro atoms. The van der Waals surface area contributed by atoms with E-state index in [0.29, 0.717) is 17.0 Å². The van der Waals surface area contributed by atoms with Gasteiger partial charge in [0.25, 0.3) is 11.8 Å². The predicted molar refractivity (Wildman–Crippen MR) is 116 cm³/mol. The second kappa shape index (κ2) is 8.74. The van der Waals surface area contributed by atoms with Gasteiger partial charge in [0.1, 0.15) is 0 Å². The highest BCUT2D eigenvalue weighted by molar-refractivity contribution is 8.00. The van der Waals surface area contributed by atoms with Crippen molar-refractivity contribution in [1.29, 1.82) is 0 Å². The molecule has 0 radical (unpaired) electrons. The molecule has 9 heteroatoms. The Hall–Kier alpha value is -3.20. The van der Waals surface area contributed by atoms with E-state index in [9.17, 15) is 22.8 Å². The first-order chi connectivity index (χ1) is 15.2. The molecule has 3 aromatic rings. The maximum Gasteiger partial charge on any atom is 0.416 e. The smallest absolute Gasteiger partial charge is 0.416 e. The zero-order chi connectivity index (χ0) is 22.9. The molecular weight excluding hydrogens is 441 g/mol. The lowest BCUT2D eigenvalue weighted by atomic mass is 10.1. The van der Waals surface area contributed by atoms with Crippen molar-refractivity contribution in [2.75, 3.05) is 16.8 Å². The highest BCUT2D eigenvalue weighted by Gasteiger charge is 2.33. The maximum absolute atomic E-state index is 13.4. The monoisotopic (exact) mass is 460 g/mol. The van der Waals surface area contributed by atoms with Crippen LogP contribution in [0, 0.1) is 0 Å². The molecule has 1 unspecified atom stereocenters. The van der Waals surface area contributed by atoms with Crippen LogP contribution < -0.4 is 10.2 Å². The number of furan rings is 1. The molecular formula is C23H19F3N2O3S. The average molecular weight is 460 g/mol. The van der Waals surface area contributed by atoms with Crippen molar-refractivity contribution in [3.05, 3.63) is 77.7 Å². The van der Waals surface area contributed by atoms with Crippen LogP contribution in [-0.4, -0.2) is 23.6 Å². The summed E-state index contributed by atoms with van der Waals surface area (Å²) < 4.78 is 45.0. The van der Waals surface area contributed by atoms with E-state index in [1.54, 1.807) is 24.3 Å².